The normalized spacial score (nSPS) is 19.9. The average molecular weight is 285 g/mol. The first-order chi connectivity index (χ1) is 9.36. The molecule has 1 unspecified atom stereocenters. The van der Waals surface area contributed by atoms with Gasteiger partial charge in [-0.1, -0.05) is 6.92 Å². The summed E-state index contributed by atoms with van der Waals surface area (Å²) in [6.07, 6.45) is 1.64. The Morgan fingerprint density at radius 2 is 1.85 bits per heavy atom. The fraction of sp³-hybridized carbons (Fsp3) is 0.769. The van der Waals surface area contributed by atoms with E-state index in [4.69, 9.17) is 0 Å². The van der Waals surface area contributed by atoms with Crippen molar-refractivity contribution in [3.8, 4) is 0 Å². The molecule has 0 saturated carbocycles. The highest BCUT2D eigenvalue weighted by molar-refractivity contribution is 5.96. The molecule has 3 N–H and O–H groups in total. The van der Waals surface area contributed by atoms with Crippen LogP contribution >= 0.6 is 0 Å². The zero-order valence-corrected chi connectivity index (χ0v) is 12.2. The molecule has 0 aromatic rings. The molecule has 0 radical (unpaired) electrons. The molecule has 1 saturated heterocycles. The predicted molar refractivity (Wildman–Crippen MR) is 73.2 cm³/mol. The molecular weight excluding hydrogens is 262 g/mol. The number of hydrogen-bond donors (Lipinski definition) is 3. The van der Waals surface area contributed by atoms with E-state index in [2.05, 4.69) is 10.6 Å². The van der Waals surface area contributed by atoms with Crippen molar-refractivity contribution in [2.75, 3.05) is 20.1 Å². The van der Waals surface area contributed by atoms with E-state index in [1.54, 1.807) is 6.92 Å². The van der Waals surface area contributed by atoms with E-state index >= 15 is 0 Å². The molecule has 7 nitrogen and oxygen atoms in total. The summed E-state index contributed by atoms with van der Waals surface area (Å²) in [4.78, 5) is 36.2. The van der Waals surface area contributed by atoms with Crippen molar-refractivity contribution >= 4 is 17.9 Å². The molecule has 0 aliphatic carbocycles. The summed E-state index contributed by atoms with van der Waals surface area (Å²) in [7, 11) is 1.44. The number of nitrogens with zero attached hydrogens (tertiary/aromatic N) is 1. The monoisotopic (exact) mass is 285 g/mol. The van der Waals surface area contributed by atoms with Crippen LogP contribution in [0.1, 0.15) is 33.1 Å². The van der Waals surface area contributed by atoms with Gasteiger partial charge in [0.2, 0.25) is 5.91 Å². The molecule has 114 valence electrons. The second-order valence-electron chi connectivity index (χ2n) is 5.22. The van der Waals surface area contributed by atoms with Crippen molar-refractivity contribution in [2.24, 2.45) is 5.41 Å². The van der Waals surface area contributed by atoms with Crippen LogP contribution in [0.25, 0.3) is 0 Å². The number of aliphatic carboxylic acids is 1. The highest BCUT2D eigenvalue weighted by atomic mass is 16.4. The van der Waals surface area contributed by atoms with Gasteiger partial charge in [0.05, 0.1) is 11.5 Å². The van der Waals surface area contributed by atoms with E-state index < -0.39 is 23.5 Å². The van der Waals surface area contributed by atoms with E-state index in [9.17, 15) is 19.5 Å². The topological polar surface area (TPSA) is 98.7 Å². The molecule has 0 spiro atoms. The number of hydrogen-bond acceptors (Lipinski definition) is 4. The van der Waals surface area contributed by atoms with Crippen LogP contribution < -0.4 is 10.6 Å². The molecular formula is C13H23N3O4. The van der Waals surface area contributed by atoms with Crippen LogP contribution in [-0.4, -0.2) is 54.1 Å². The van der Waals surface area contributed by atoms with E-state index in [1.165, 1.54) is 7.05 Å². The summed E-state index contributed by atoms with van der Waals surface area (Å²) >= 11 is 0. The van der Waals surface area contributed by atoms with Gasteiger partial charge in [0.25, 0.3) is 0 Å². The molecule has 7 heteroatoms. The van der Waals surface area contributed by atoms with Gasteiger partial charge < -0.3 is 10.4 Å². The molecule has 3 amide bonds. The number of urea groups is 1. The summed E-state index contributed by atoms with van der Waals surface area (Å²) in [5.74, 6) is -1.13. The first-order valence-corrected chi connectivity index (χ1v) is 6.86. The summed E-state index contributed by atoms with van der Waals surface area (Å²) < 4.78 is 0. The lowest BCUT2D eigenvalue weighted by atomic mass is 9.76. The third kappa shape index (κ3) is 3.47. The molecule has 20 heavy (non-hydrogen) atoms. The van der Waals surface area contributed by atoms with Crippen LogP contribution in [0, 0.1) is 5.41 Å². The van der Waals surface area contributed by atoms with Gasteiger partial charge in [-0.3, -0.25) is 19.8 Å². The number of carboxylic acids is 1. The Morgan fingerprint density at radius 3 is 2.25 bits per heavy atom. The number of likely N-dealkylation sites (tertiary alicyclic amines) is 1. The number of rotatable bonds is 4. The van der Waals surface area contributed by atoms with Crippen LogP contribution in [-0.2, 0) is 9.59 Å². The van der Waals surface area contributed by atoms with Crippen LogP contribution in [0.4, 0.5) is 4.79 Å². The maximum Gasteiger partial charge on any atom is 0.321 e. The van der Waals surface area contributed by atoms with Gasteiger partial charge in [-0.15, -0.1) is 0 Å². The fourth-order valence-corrected chi connectivity index (χ4v) is 2.50. The van der Waals surface area contributed by atoms with Gasteiger partial charge in [0.15, 0.2) is 0 Å². The van der Waals surface area contributed by atoms with Crippen LogP contribution in [0.3, 0.4) is 0 Å². The molecule has 1 aliphatic heterocycles. The smallest absolute Gasteiger partial charge is 0.321 e. The standard InChI is InChI=1S/C13H23N3O4/c1-4-13(11(18)19)5-7-16(8-6-13)9(2)10(17)15-12(20)14-3/h9H,4-8H2,1-3H3,(H,18,19)(H2,14,15,17,20). The van der Waals surface area contributed by atoms with Gasteiger partial charge in [-0.2, -0.15) is 0 Å². The molecule has 0 aromatic carbocycles. The third-order valence-electron chi connectivity index (χ3n) is 4.28. The van der Waals surface area contributed by atoms with Crippen molar-refractivity contribution in [2.45, 2.75) is 39.2 Å². The van der Waals surface area contributed by atoms with Gasteiger partial charge in [0.1, 0.15) is 0 Å². The third-order valence-corrected chi connectivity index (χ3v) is 4.28. The Balaban J connectivity index is 2.58. The Bertz CT molecular complexity index is 389. The van der Waals surface area contributed by atoms with E-state index in [0.717, 1.165) is 0 Å². The largest absolute Gasteiger partial charge is 0.481 e. The highest BCUT2D eigenvalue weighted by Crippen LogP contribution is 2.35. The lowest BCUT2D eigenvalue weighted by Crippen LogP contribution is -2.53. The number of carbonyl (C=O) groups excluding carboxylic acids is 2. The molecule has 1 aliphatic rings. The molecule has 0 bridgehead atoms. The van der Waals surface area contributed by atoms with Crippen LogP contribution in [0.2, 0.25) is 0 Å². The van der Waals surface area contributed by atoms with Crippen molar-refractivity contribution in [3.05, 3.63) is 0 Å². The van der Waals surface area contributed by atoms with Gasteiger partial charge >= 0.3 is 12.0 Å². The lowest BCUT2D eigenvalue weighted by molar-refractivity contribution is -0.152. The summed E-state index contributed by atoms with van der Waals surface area (Å²) in [5.41, 5.74) is -0.673. The fourth-order valence-electron chi connectivity index (χ4n) is 2.50. The average Bonchev–Trinajstić information content (AvgIpc) is 2.46. The minimum atomic E-state index is -0.762. The first-order valence-electron chi connectivity index (χ1n) is 6.86. The number of carboxylic acid groups (broad SMARTS) is 1. The van der Waals surface area contributed by atoms with Crippen molar-refractivity contribution in [3.63, 3.8) is 0 Å². The Labute approximate surface area is 118 Å². The molecule has 1 heterocycles. The zero-order chi connectivity index (χ0) is 15.3. The van der Waals surface area contributed by atoms with E-state index in [1.807, 2.05) is 11.8 Å². The summed E-state index contributed by atoms with van der Waals surface area (Å²) in [6, 6.07) is -0.983. The number of amides is 3. The number of nitrogens with one attached hydrogen (secondary N) is 2. The first kappa shape index (κ1) is 16.4. The summed E-state index contributed by atoms with van der Waals surface area (Å²) in [5, 5.41) is 13.9. The SMILES string of the molecule is CCC1(C(=O)O)CCN(C(C)C(=O)NC(=O)NC)CC1. The maximum atomic E-state index is 11.8. The van der Waals surface area contributed by atoms with Crippen molar-refractivity contribution < 1.29 is 19.5 Å². The summed E-state index contributed by atoms with van der Waals surface area (Å²) in [6.45, 7) is 4.69. The lowest BCUT2D eigenvalue weighted by Gasteiger charge is -2.40. The maximum absolute atomic E-state index is 11.8. The van der Waals surface area contributed by atoms with E-state index in [-0.39, 0.29) is 5.91 Å². The van der Waals surface area contributed by atoms with Crippen LogP contribution in [0.5, 0.6) is 0 Å². The minimum absolute atomic E-state index is 0.372. The quantitative estimate of drug-likeness (QED) is 0.695. The zero-order valence-electron chi connectivity index (χ0n) is 12.2. The molecule has 1 atom stereocenters. The number of piperidine rings is 1. The predicted octanol–water partition coefficient (Wildman–Crippen LogP) is 0.407. The highest BCUT2D eigenvalue weighted by Gasteiger charge is 2.41. The van der Waals surface area contributed by atoms with Gasteiger partial charge in [0, 0.05) is 20.1 Å². The molecule has 0 aromatic heterocycles. The molecule has 1 rings (SSSR count). The van der Waals surface area contributed by atoms with E-state index in [0.29, 0.717) is 32.4 Å². The Kier molecular flexibility index (Phi) is 5.50. The van der Waals surface area contributed by atoms with Crippen molar-refractivity contribution in [1.29, 1.82) is 0 Å². The Morgan fingerprint density at radius 1 is 1.30 bits per heavy atom. The Hall–Kier alpha value is -1.63. The second kappa shape index (κ2) is 6.69. The van der Waals surface area contributed by atoms with Crippen molar-refractivity contribution in [1.82, 2.24) is 15.5 Å². The van der Waals surface area contributed by atoms with Crippen LogP contribution in [0.15, 0.2) is 0 Å². The second-order valence-corrected chi connectivity index (χ2v) is 5.22. The molecule has 1 fully saturated rings. The number of carbonyl (C=O) groups is 3. The van der Waals surface area contributed by atoms with Gasteiger partial charge in [-0.25, -0.2) is 4.79 Å². The number of imide groups is 1. The minimum Gasteiger partial charge on any atom is -0.481 e. The van der Waals surface area contributed by atoms with Gasteiger partial charge in [-0.05, 0) is 26.2 Å².